The first-order chi connectivity index (χ1) is 12.6. The van der Waals surface area contributed by atoms with Gasteiger partial charge in [-0.1, -0.05) is 45.7 Å². The number of amides is 1. The summed E-state index contributed by atoms with van der Waals surface area (Å²) in [4.78, 5) is 17.4. The summed E-state index contributed by atoms with van der Waals surface area (Å²) in [5.41, 5.74) is 4.23. The zero-order valence-corrected chi connectivity index (χ0v) is 16.5. The highest BCUT2D eigenvalue weighted by molar-refractivity contribution is 9.10. The molecule has 0 fully saturated rings. The molecule has 0 saturated heterocycles. The van der Waals surface area contributed by atoms with Gasteiger partial charge in [0.15, 0.2) is 0 Å². The topological polar surface area (TPSA) is 41.5 Å². The first-order valence-corrected chi connectivity index (χ1v) is 9.92. The molecule has 3 nitrogen and oxygen atoms in total. The van der Waals surface area contributed by atoms with Crippen molar-refractivity contribution in [1.29, 1.82) is 0 Å². The van der Waals surface area contributed by atoms with Crippen molar-refractivity contribution in [2.45, 2.75) is 0 Å². The van der Waals surface area contributed by atoms with E-state index >= 15 is 0 Å². The van der Waals surface area contributed by atoms with Crippen molar-refractivity contribution in [2.75, 3.05) is 5.32 Å². The summed E-state index contributed by atoms with van der Waals surface area (Å²) in [6, 6.07) is 15.1. The maximum Gasteiger partial charge on any atom is 0.274 e. The van der Waals surface area contributed by atoms with Crippen molar-refractivity contribution in [3.8, 4) is 0 Å². The zero-order valence-electron chi connectivity index (χ0n) is 13.4. The number of fused-ring (bicyclic) bond motifs is 1. The second-order valence-electron chi connectivity index (χ2n) is 5.67. The minimum absolute atomic E-state index is 0.248. The number of anilines is 1. The lowest BCUT2D eigenvalue weighted by molar-refractivity contribution is -0.112. The van der Waals surface area contributed by atoms with E-state index in [1.54, 1.807) is 17.4 Å². The molecule has 0 saturated carbocycles. The first kappa shape index (κ1) is 17.2. The number of benzene rings is 2. The molecule has 26 heavy (non-hydrogen) atoms. The quantitative estimate of drug-likeness (QED) is 0.485. The Labute approximate surface area is 168 Å². The van der Waals surface area contributed by atoms with Gasteiger partial charge in [-0.3, -0.25) is 4.79 Å². The Kier molecular flexibility index (Phi) is 4.76. The summed E-state index contributed by atoms with van der Waals surface area (Å²) in [5, 5.41) is 7.47. The van der Waals surface area contributed by atoms with Crippen LogP contribution in [0.3, 0.4) is 0 Å². The van der Waals surface area contributed by atoms with Gasteiger partial charge >= 0.3 is 0 Å². The molecule has 2 aromatic carbocycles. The molecular weight excluding hydrogens is 432 g/mol. The van der Waals surface area contributed by atoms with Crippen LogP contribution in [0.4, 0.5) is 5.69 Å². The van der Waals surface area contributed by atoms with E-state index in [1.807, 2.05) is 59.3 Å². The van der Waals surface area contributed by atoms with Crippen molar-refractivity contribution in [2.24, 2.45) is 4.99 Å². The summed E-state index contributed by atoms with van der Waals surface area (Å²) in [5.74, 6) is -0.248. The van der Waals surface area contributed by atoms with Crippen LogP contribution >= 0.6 is 38.9 Å². The third kappa shape index (κ3) is 3.38. The number of nitrogens with zero attached hydrogens (tertiary/aromatic N) is 1. The van der Waals surface area contributed by atoms with Crippen molar-refractivity contribution in [3.63, 3.8) is 0 Å². The Balaban J connectivity index is 1.97. The summed E-state index contributed by atoms with van der Waals surface area (Å²) >= 11 is 11.5. The molecule has 1 aliphatic rings. The third-order valence-corrected chi connectivity index (χ3v) is 5.45. The molecule has 0 aliphatic carbocycles. The van der Waals surface area contributed by atoms with Gasteiger partial charge in [-0.05, 0) is 52.7 Å². The normalized spacial score (nSPS) is 15.2. The summed E-state index contributed by atoms with van der Waals surface area (Å²) in [6.45, 7) is 0. The Bertz CT molecular complexity index is 1060. The summed E-state index contributed by atoms with van der Waals surface area (Å²) in [7, 11) is 0. The van der Waals surface area contributed by atoms with Crippen LogP contribution in [-0.2, 0) is 4.79 Å². The number of rotatable bonds is 2. The number of thiophene rings is 1. The molecule has 0 bridgehead atoms. The summed E-state index contributed by atoms with van der Waals surface area (Å²) in [6.07, 6.45) is 1.78. The van der Waals surface area contributed by atoms with Crippen molar-refractivity contribution in [1.82, 2.24) is 0 Å². The van der Waals surface area contributed by atoms with Crippen molar-refractivity contribution in [3.05, 3.63) is 91.2 Å². The van der Waals surface area contributed by atoms with Crippen LogP contribution in [0, 0.1) is 0 Å². The van der Waals surface area contributed by atoms with Crippen LogP contribution < -0.4 is 5.32 Å². The number of carbonyl (C=O) groups is 1. The van der Waals surface area contributed by atoms with E-state index in [-0.39, 0.29) is 5.91 Å². The molecule has 1 aliphatic heterocycles. The van der Waals surface area contributed by atoms with Gasteiger partial charge in [0.25, 0.3) is 5.91 Å². The number of benzodiazepines with no additional fused rings is 1. The van der Waals surface area contributed by atoms with Gasteiger partial charge in [0.2, 0.25) is 0 Å². The predicted molar refractivity (Wildman–Crippen MR) is 112 cm³/mol. The molecule has 0 radical (unpaired) electrons. The number of hydrogen-bond acceptors (Lipinski definition) is 3. The highest BCUT2D eigenvalue weighted by Gasteiger charge is 2.23. The van der Waals surface area contributed by atoms with Gasteiger partial charge in [-0.2, -0.15) is 11.3 Å². The minimum Gasteiger partial charge on any atom is -0.320 e. The Hall–Kier alpha value is -2.21. The van der Waals surface area contributed by atoms with E-state index in [9.17, 15) is 4.79 Å². The van der Waals surface area contributed by atoms with Crippen LogP contribution in [0.2, 0.25) is 5.02 Å². The second-order valence-corrected chi connectivity index (χ2v) is 7.77. The van der Waals surface area contributed by atoms with Crippen LogP contribution in [0.5, 0.6) is 0 Å². The Morgan fingerprint density at radius 3 is 2.73 bits per heavy atom. The fourth-order valence-corrected chi connectivity index (χ4v) is 3.91. The minimum atomic E-state index is -0.248. The maximum atomic E-state index is 12.7. The molecule has 1 N–H and O–H groups in total. The highest BCUT2D eigenvalue weighted by Crippen LogP contribution is 2.31. The first-order valence-electron chi connectivity index (χ1n) is 7.80. The maximum absolute atomic E-state index is 12.7. The molecule has 2 heterocycles. The average Bonchev–Trinajstić information content (AvgIpc) is 3.09. The van der Waals surface area contributed by atoms with E-state index in [2.05, 4.69) is 21.2 Å². The standard InChI is InChI=1S/C20H12BrClN2OS/c21-13-5-6-17-15(10-13)19(14-3-1-2-4-16(14)22)23-18(20(25)24-17)9-12-7-8-26-11-12/h1-11H,(H,24,25). The molecule has 1 amide bonds. The molecule has 0 unspecified atom stereocenters. The SMILES string of the molecule is O=C1Nc2ccc(Br)cc2C(c2ccccc2Cl)=NC1=Cc1ccsc1. The average molecular weight is 444 g/mol. The lowest BCUT2D eigenvalue weighted by Gasteiger charge is -2.11. The molecular formula is C20H12BrClN2OS. The smallest absolute Gasteiger partial charge is 0.274 e. The zero-order chi connectivity index (χ0) is 18.1. The molecule has 4 rings (SSSR count). The van der Waals surface area contributed by atoms with Crippen molar-refractivity contribution >= 4 is 62.2 Å². The Morgan fingerprint density at radius 2 is 1.96 bits per heavy atom. The van der Waals surface area contributed by atoms with E-state index in [0.29, 0.717) is 22.1 Å². The van der Waals surface area contributed by atoms with Gasteiger partial charge in [0.1, 0.15) is 5.70 Å². The lowest BCUT2D eigenvalue weighted by atomic mass is 10.0. The van der Waals surface area contributed by atoms with E-state index in [4.69, 9.17) is 16.6 Å². The fraction of sp³-hybridized carbons (Fsp3) is 0. The molecule has 0 atom stereocenters. The van der Waals surface area contributed by atoms with Crippen molar-refractivity contribution < 1.29 is 4.79 Å². The van der Waals surface area contributed by atoms with E-state index < -0.39 is 0 Å². The largest absolute Gasteiger partial charge is 0.320 e. The van der Waals surface area contributed by atoms with Gasteiger partial charge < -0.3 is 5.32 Å². The fourth-order valence-electron chi connectivity index (χ4n) is 2.71. The number of halogens is 2. The molecule has 3 aromatic rings. The molecule has 6 heteroatoms. The predicted octanol–water partition coefficient (Wildman–Crippen LogP) is 5.99. The van der Waals surface area contributed by atoms with Gasteiger partial charge in [-0.15, -0.1) is 0 Å². The molecule has 1 aromatic heterocycles. The van der Waals surface area contributed by atoms with Gasteiger partial charge in [-0.25, -0.2) is 4.99 Å². The highest BCUT2D eigenvalue weighted by atomic mass is 79.9. The van der Waals surface area contributed by atoms with Crippen LogP contribution in [0.25, 0.3) is 6.08 Å². The van der Waals surface area contributed by atoms with Gasteiger partial charge in [0.05, 0.1) is 11.4 Å². The number of nitrogens with one attached hydrogen (secondary N) is 1. The number of hydrogen-bond donors (Lipinski definition) is 1. The number of carbonyl (C=O) groups excluding carboxylic acids is 1. The monoisotopic (exact) mass is 442 g/mol. The second kappa shape index (κ2) is 7.19. The molecule has 0 spiro atoms. The van der Waals surface area contributed by atoms with E-state index in [0.717, 1.165) is 21.2 Å². The molecule has 128 valence electrons. The third-order valence-electron chi connectivity index (χ3n) is 3.93. The summed E-state index contributed by atoms with van der Waals surface area (Å²) < 4.78 is 0.899. The van der Waals surface area contributed by atoms with Crippen LogP contribution in [-0.4, -0.2) is 11.6 Å². The van der Waals surface area contributed by atoms with Crippen LogP contribution in [0.1, 0.15) is 16.7 Å². The van der Waals surface area contributed by atoms with Gasteiger partial charge in [0, 0.05) is 20.6 Å². The number of aliphatic imine (C=N–C) groups is 1. The van der Waals surface area contributed by atoms with Crippen LogP contribution in [0.15, 0.2) is 74.5 Å². The lowest BCUT2D eigenvalue weighted by Crippen LogP contribution is -2.12. The Morgan fingerprint density at radius 1 is 1.12 bits per heavy atom. The van der Waals surface area contributed by atoms with E-state index in [1.165, 1.54) is 0 Å².